The number of hydrogen-bond acceptors (Lipinski definition) is 5. The fourth-order valence-corrected chi connectivity index (χ4v) is 2.14. The Labute approximate surface area is 127 Å². The van der Waals surface area contributed by atoms with Crippen LogP contribution in [0.2, 0.25) is 0 Å². The van der Waals surface area contributed by atoms with Crippen molar-refractivity contribution in [3.8, 4) is 11.6 Å². The number of aromatic hydroxyl groups is 1. The minimum Gasteiger partial charge on any atom is -0.508 e. The van der Waals surface area contributed by atoms with Gasteiger partial charge < -0.3 is 19.9 Å². The Morgan fingerprint density at radius 2 is 2.14 bits per heavy atom. The second-order valence-electron chi connectivity index (χ2n) is 4.99. The molecule has 2 aromatic rings. The number of phenolic OH excluding ortho intramolecular Hbond substituents is 1. The third-order valence-electron chi connectivity index (χ3n) is 3.30. The van der Waals surface area contributed by atoms with E-state index in [2.05, 4.69) is 10.3 Å². The molecule has 3 rings (SSSR count). The Bertz CT molecular complexity index is 651. The molecular weight excluding hydrogens is 284 g/mol. The molecule has 1 aliphatic rings. The highest BCUT2D eigenvalue weighted by atomic mass is 16.5. The molecule has 0 radical (unpaired) electrons. The summed E-state index contributed by atoms with van der Waals surface area (Å²) in [6, 6.07) is 9.50. The number of aromatic nitrogens is 1. The van der Waals surface area contributed by atoms with Crippen LogP contribution < -0.4 is 10.1 Å². The number of rotatable bonds is 4. The van der Waals surface area contributed by atoms with E-state index in [1.165, 1.54) is 18.3 Å². The van der Waals surface area contributed by atoms with Crippen LogP contribution in [0.4, 0.5) is 5.69 Å². The summed E-state index contributed by atoms with van der Waals surface area (Å²) in [5.74, 6) is 0.297. The van der Waals surface area contributed by atoms with E-state index in [4.69, 9.17) is 9.47 Å². The van der Waals surface area contributed by atoms with Crippen molar-refractivity contribution >= 4 is 11.6 Å². The molecule has 114 valence electrons. The Morgan fingerprint density at radius 1 is 1.32 bits per heavy atom. The molecule has 0 spiro atoms. The molecule has 1 fully saturated rings. The third-order valence-corrected chi connectivity index (χ3v) is 3.30. The van der Waals surface area contributed by atoms with E-state index in [-0.39, 0.29) is 17.8 Å². The summed E-state index contributed by atoms with van der Waals surface area (Å²) in [4.78, 5) is 16.3. The lowest BCUT2D eigenvalue weighted by atomic mass is 10.2. The van der Waals surface area contributed by atoms with Crippen molar-refractivity contribution in [1.82, 2.24) is 4.98 Å². The summed E-state index contributed by atoms with van der Waals surface area (Å²) >= 11 is 0. The van der Waals surface area contributed by atoms with Crippen LogP contribution in [0.1, 0.15) is 16.8 Å². The lowest BCUT2D eigenvalue weighted by Gasteiger charge is -2.11. The van der Waals surface area contributed by atoms with Gasteiger partial charge in [-0.15, -0.1) is 0 Å². The summed E-state index contributed by atoms with van der Waals surface area (Å²) in [7, 11) is 0. The van der Waals surface area contributed by atoms with Gasteiger partial charge in [0.25, 0.3) is 5.91 Å². The molecule has 0 saturated carbocycles. The summed E-state index contributed by atoms with van der Waals surface area (Å²) in [6.07, 6.45) is 2.35. The first kappa shape index (κ1) is 14.3. The highest BCUT2D eigenvalue weighted by Crippen LogP contribution is 2.18. The van der Waals surface area contributed by atoms with Gasteiger partial charge >= 0.3 is 0 Å². The van der Waals surface area contributed by atoms with Gasteiger partial charge in [0, 0.05) is 29.9 Å². The molecule has 0 bridgehead atoms. The number of nitrogens with one attached hydrogen (secondary N) is 1. The van der Waals surface area contributed by atoms with Crippen LogP contribution in [-0.4, -0.2) is 35.3 Å². The number of amides is 1. The predicted octanol–water partition coefficient (Wildman–Crippen LogP) is 2.21. The molecule has 1 saturated heterocycles. The standard InChI is InChI=1S/C16H16N2O4/c19-13-3-1-12(2-4-13)18-16(20)11-5-7-17-15(9-11)22-14-6-8-21-10-14/h1-5,7,9,14,19H,6,8,10H2,(H,18,20). The number of ether oxygens (including phenoxy) is 2. The van der Waals surface area contributed by atoms with Crippen LogP contribution in [0.5, 0.6) is 11.6 Å². The number of phenols is 1. The van der Waals surface area contributed by atoms with Gasteiger partial charge in [0.05, 0.1) is 13.2 Å². The molecule has 0 aliphatic carbocycles. The summed E-state index contributed by atoms with van der Waals surface area (Å²) in [6.45, 7) is 1.23. The number of pyridine rings is 1. The summed E-state index contributed by atoms with van der Waals surface area (Å²) in [5, 5.41) is 12.0. The van der Waals surface area contributed by atoms with Gasteiger partial charge in [0.1, 0.15) is 11.9 Å². The zero-order valence-electron chi connectivity index (χ0n) is 11.9. The molecule has 6 heteroatoms. The Balaban J connectivity index is 1.67. The average molecular weight is 300 g/mol. The topological polar surface area (TPSA) is 80.7 Å². The zero-order valence-corrected chi connectivity index (χ0v) is 11.9. The zero-order chi connectivity index (χ0) is 15.4. The smallest absolute Gasteiger partial charge is 0.255 e. The number of hydrogen-bond donors (Lipinski definition) is 2. The maximum Gasteiger partial charge on any atom is 0.255 e. The van der Waals surface area contributed by atoms with Crippen molar-refractivity contribution in [2.45, 2.75) is 12.5 Å². The van der Waals surface area contributed by atoms with E-state index in [0.29, 0.717) is 30.3 Å². The molecule has 1 amide bonds. The van der Waals surface area contributed by atoms with E-state index in [0.717, 1.165) is 6.42 Å². The van der Waals surface area contributed by atoms with Gasteiger partial charge in [0.15, 0.2) is 0 Å². The lowest BCUT2D eigenvalue weighted by molar-refractivity contribution is 0.102. The Hall–Kier alpha value is -2.60. The second kappa shape index (κ2) is 6.44. The molecule has 1 aromatic carbocycles. The van der Waals surface area contributed by atoms with Crippen LogP contribution >= 0.6 is 0 Å². The van der Waals surface area contributed by atoms with Crippen molar-refractivity contribution in [2.75, 3.05) is 18.5 Å². The minimum absolute atomic E-state index is 0.0112. The fraction of sp³-hybridized carbons (Fsp3) is 0.250. The van der Waals surface area contributed by atoms with E-state index in [1.807, 2.05) is 0 Å². The van der Waals surface area contributed by atoms with E-state index in [9.17, 15) is 9.90 Å². The maximum absolute atomic E-state index is 12.2. The molecule has 22 heavy (non-hydrogen) atoms. The van der Waals surface area contributed by atoms with Gasteiger partial charge in [-0.1, -0.05) is 0 Å². The van der Waals surface area contributed by atoms with E-state index >= 15 is 0 Å². The highest BCUT2D eigenvalue weighted by molar-refractivity contribution is 6.04. The molecule has 1 aromatic heterocycles. The lowest BCUT2D eigenvalue weighted by Crippen LogP contribution is -2.17. The summed E-state index contributed by atoms with van der Waals surface area (Å²) in [5.41, 5.74) is 1.06. The number of anilines is 1. The Morgan fingerprint density at radius 3 is 2.86 bits per heavy atom. The van der Waals surface area contributed by atoms with Crippen LogP contribution in [0.3, 0.4) is 0 Å². The predicted molar refractivity (Wildman–Crippen MR) is 80.1 cm³/mol. The van der Waals surface area contributed by atoms with Crippen molar-refractivity contribution in [3.05, 3.63) is 48.2 Å². The molecule has 1 atom stereocenters. The highest BCUT2D eigenvalue weighted by Gasteiger charge is 2.18. The van der Waals surface area contributed by atoms with Crippen molar-refractivity contribution in [3.63, 3.8) is 0 Å². The maximum atomic E-state index is 12.2. The van der Waals surface area contributed by atoms with Crippen molar-refractivity contribution < 1.29 is 19.4 Å². The van der Waals surface area contributed by atoms with E-state index in [1.54, 1.807) is 24.3 Å². The third kappa shape index (κ3) is 3.53. The van der Waals surface area contributed by atoms with Crippen LogP contribution in [-0.2, 0) is 4.74 Å². The summed E-state index contributed by atoms with van der Waals surface area (Å²) < 4.78 is 10.9. The number of benzene rings is 1. The molecule has 6 nitrogen and oxygen atoms in total. The first-order chi connectivity index (χ1) is 10.7. The number of carbonyl (C=O) groups excluding carboxylic acids is 1. The number of nitrogens with zero attached hydrogens (tertiary/aromatic N) is 1. The second-order valence-corrected chi connectivity index (χ2v) is 4.99. The first-order valence-electron chi connectivity index (χ1n) is 7.01. The van der Waals surface area contributed by atoms with Gasteiger partial charge in [-0.2, -0.15) is 0 Å². The normalized spacial score (nSPS) is 17.2. The fourth-order valence-electron chi connectivity index (χ4n) is 2.14. The minimum atomic E-state index is -0.263. The van der Waals surface area contributed by atoms with Crippen molar-refractivity contribution in [1.29, 1.82) is 0 Å². The monoisotopic (exact) mass is 300 g/mol. The molecular formula is C16H16N2O4. The average Bonchev–Trinajstić information content (AvgIpc) is 3.03. The van der Waals surface area contributed by atoms with Gasteiger partial charge in [-0.05, 0) is 30.3 Å². The van der Waals surface area contributed by atoms with Gasteiger partial charge in [-0.25, -0.2) is 4.98 Å². The molecule has 2 N–H and O–H groups in total. The Kier molecular flexibility index (Phi) is 4.20. The van der Waals surface area contributed by atoms with Crippen LogP contribution in [0.25, 0.3) is 0 Å². The van der Waals surface area contributed by atoms with Gasteiger partial charge in [-0.3, -0.25) is 4.79 Å². The number of carbonyl (C=O) groups is 1. The largest absolute Gasteiger partial charge is 0.508 e. The van der Waals surface area contributed by atoms with Gasteiger partial charge in [0.2, 0.25) is 5.88 Å². The van der Waals surface area contributed by atoms with Crippen molar-refractivity contribution in [2.24, 2.45) is 0 Å². The first-order valence-corrected chi connectivity index (χ1v) is 7.01. The molecule has 2 heterocycles. The van der Waals surface area contributed by atoms with Crippen LogP contribution in [0.15, 0.2) is 42.6 Å². The quantitative estimate of drug-likeness (QED) is 0.846. The van der Waals surface area contributed by atoms with Crippen LogP contribution in [0, 0.1) is 0 Å². The SMILES string of the molecule is O=C(Nc1ccc(O)cc1)c1ccnc(OC2CCOC2)c1. The molecule has 1 unspecified atom stereocenters. The molecule has 1 aliphatic heterocycles. The van der Waals surface area contributed by atoms with E-state index < -0.39 is 0 Å².